The fourth-order valence-corrected chi connectivity index (χ4v) is 5.28. The molecule has 0 radical (unpaired) electrons. The molecule has 7 aromatic rings. The number of hydrogen-bond donors (Lipinski definition) is 1. The van der Waals surface area contributed by atoms with Crippen LogP contribution in [0.15, 0.2) is 89.0 Å². The number of methoxy groups -OCH3 is 1. The van der Waals surface area contributed by atoms with Gasteiger partial charge < -0.3 is 14.5 Å². The molecule has 1 amide bonds. The number of nitrogens with one attached hydrogen (secondary N) is 1. The van der Waals surface area contributed by atoms with E-state index in [1.165, 1.54) is 13.2 Å². The third kappa shape index (κ3) is 6.22. The zero-order valence-electron chi connectivity index (χ0n) is 27.3. The highest BCUT2D eigenvalue weighted by atomic mass is 16.5. The van der Waals surface area contributed by atoms with Gasteiger partial charge in [0.05, 0.1) is 35.0 Å². The molecule has 0 aliphatic rings. The highest BCUT2D eigenvalue weighted by molar-refractivity contribution is 6.07. The van der Waals surface area contributed by atoms with E-state index in [1.54, 1.807) is 76.8 Å². The zero-order valence-corrected chi connectivity index (χ0v) is 27.3. The van der Waals surface area contributed by atoms with Gasteiger partial charge in [-0.1, -0.05) is 0 Å². The maximum atomic E-state index is 13.1. The number of fused-ring (bicyclic) bond motifs is 1. The molecule has 5 aromatic heterocycles. The molecular formula is C35H28N10O5. The van der Waals surface area contributed by atoms with Crippen LogP contribution in [0.5, 0.6) is 0 Å². The summed E-state index contributed by atoms with van der Waals surface area (Å²) < 4.78 is 13.8. The second kappa shape index (κ2) is 13.0. The van der Waals surface area contributed by atoms with Crippen LogP contribution in [-0.2, 0) is 11.2 Å². The minimum atomic E-state index is -0.619. The van der Waals surface area contributed by atoms with Crippen molar-refractivity contribution in [3.05, 3.63) is 129 Å². The Kier molecular flexibility index (Phi) is 8.21. The van der Waals surface area contributed by atoms with E-state index < -0.39 is 17.5 Å². The molecule has 0 unspecified atom stereocenters. The lowest BCUT2D eigenvalue weighted by Gasteiger charge is -2.14. The van der Waals surface area contributed by atoms with Gasteiger partial charge in [0.1, 0.15) is 18.3 Å². The van der Waals surface area contributed by atoms with Crippen LogP contribution in [0.4, 0.5) is 5.69 Å². The molecular weight excluding hydrogens is 640 g/mol. The van der Waals surface area contributed by atoms with Crippen LogP contribution in [0.2, 0.25) is 0 Å². The number of aryl methyl sites for hydroxylation is 3. The van der Waals surface area contributed by atoms with Crippen LogP contribution < -0.4 is 10.9 Å². The van der Waals surface area contributed by atoms with Crippen molar-refractivity contribution < 1.29 is 18.7 Å². The van der Waals surface area contributed by atoms with E-state index in [-0.39, 0.29) is 22.8 Å². The average molecular weight is 669 g/mol. The van der Waals surface area contributed by atoms with E-state index in [4.69, 9.17) is 9.15 Å². The van der Waals surface area contributed by atoms with Gasteiger partial charge in [-0.15, -0.1) is 20.4 Å². The molecule has 50 heavy (non-hydrogen) atoms. The number of carbonyl (C=O) groups excluding carboxylic acids is 2. The normalized spacial score (nSPS) is 11.1. The molecule has 7 rings (SSSR count). The predicted molar refractivity (Wildman–Crippen MR) is 180 cm³/mol. The smallest absolute Gasteiger partial charge is 0.347 e. The van der Waals surface area contributed by atoms with E-state index in [1.807, 2.05) is 26.8 Å². The summed E-state index contributed by atoms with van der Waals surface area (Å²) >= 11 is 0. The summed E-state index contributed by atoms with van der Waals surface area (Å²) in [4.78, 5) is 51.5. The summed E-state index contributed by atoms with van der Waals surface area (Å²) in [5.74, 6) is -0.107. The van der Waals surface area contributed by atoms with Gasteiger partial charge in [-0.2, -0.15) is 0 Å². The van der Waals surface area contributed by atoms with Crippen molar-refractivity contribution in [2.45, 2.75) is 27.2 Å². The van der Waals surface area contributed by atoms with Crippen molar-refractivity contribution in [1.82, 2.24) is 44.5 Å². The SMILES string of the molecule is COC(=O)c1cc(Cc2cn(-c3ccc(-c4nc5cc(C)c(C)cc5c(=O)o4)nn3)cn2)c(C)cc1NC(=O)c1ccc(-n2ccnc2)nn1. The largest absolute Gasteiger partial charge is 0.465 e. The first kappa shape index (κ1) is 31.7. The molecule has 0 saturated carbocycles. The Balaban J connectivity index is 1.09. The molecule has 0 atom stereocenters. The number of nitrogens with zero attached hydrogens (tertiary/aromatic N) is 9. The van der Waals surface area contributed by atoms with Crippen LogP contribution in [0.25, 0.3) is 34.1 Å². The van der Waals surface area contributed by atoms with E-state index in [0.29, 0.717) is 40.3 Å². The van der Waals surface area contributed by atoms with Crippen LogP contribution in [0.3, 0.4) is 0 Å². The molecule has 0 bridgehead atoms. The summed E-state index contributed by atoms with van der Waals surface area (Å²) in [5, 5.41) is 19.8. The Morgan fingerprint density at radius 3 is 2.38 bits per heavy atom. The lowest BCUT2D eigenvalue weighted by atomic mass is 9.99. The molecule has 15 nitrogen and oxygen atoms in total. The summed E-state index contributed by atoms with van der Waals surface area (Å²) in [6.07, 6.45) is 8.65. The van der Waals surface area contributed by atoms with E-state index in [0.717, 1.165) is 22.3 Å². The van der Waals surface area contributed by atoms with Gasteiger partial charge in [0.2, 0.25) is 0 Å². The van der Waals surface area contributed by atoms with Crippen molar-refractivity contribution in [3.63, 3.8) is 0 Å². The van der Waals surface area contributed by atoms with Gasteiger partial charge >= 0.3 is 11.6 Å². The van der Waals surface area contributed by atoms with Gasteiger partial charge in [0.15, 0.2) is 17.3 Å². The first-order chi connectivity index (χ1) is 24.2. The first-order valence-corrected chi connectivity index (χ1v) is 15.3. The van der Waals surface area contributed by atoms with E-state index in [9.17, 15) is 14.4 Å². The van der Waals surface area contributed by atoms with Crippen molar-refractivity contribution in [2.24, 2.45) is 0 Å². The van der Waals surface area contributed by atoms with Gasteiger partial charge in [0.25, 0.3) is 11.8 Å². The monoisotopic (exact) mass is 668 g/mol. The molecule has 2 aromatic carbocycles. The number of imidazole rings is 2. The number of esters is 1. The number of benzene rings is 2. The highest BCUT2D eigenvalue weighted by Crippen LogP contribution is 2.25. The number of ether oxygens (including phenoxy) is 1. The zero-order chi connectivity index (χ0) is 34.9. The fourth-order valence-electron chi connectivity index (χ4n) is 5.28. The Labute approximate surface area is 283 Å². The minimum absolute atomic E-state index is 0.0660. The Bertz CT molecular complexity index is 2450. The van der Waals surface area contributed by atoms with Crippen molar-refractivity contribution in [3.8, 4) is 23.2 Å². The molecule has 0 aliphatic heterocycles. The standard InChI is InChI=1S/C35H28N10O5/c1-19-11-24-29(12-20(19)2)39-33(50-35(24)48)27-6-8-31(43-41-27)45-16-23(37-18-45)14-22-15-25(34(47)49-4)28(13-21(22)3)38-32(46)26-5-7-30(42-40-26)44-10-9-36-17-44/h5-13,15-18H,14H2,1-4H3,(H,38,46). The topological polar surface area (TPSA) is 186 Å². The molecule has 0 fully saturated rings. The number of anilines is 1. The number of carbonyl (C=O) groups is 2. The average Bonchev–Trinajstić information content (AvgIpc) is 3.83. The van der Waals surface area contributed by atoms with E-state index >= 15 is 0 Å². The Hall–Kier alpha value is -6.90. The minimum Gasteiger partial charge on any atom is -0.465 e. The Morgan fingerprint density at radius 1 is 0.880 bits per heavy atom. The third-order valence-electron chi connectivity index (χ3n) is 8.17. The summed E-state index contributed by atoms with van der Waals surface area (Å²) in [5.41, 5.74) is 5.12. The lowest BCUT2D eigenvalue weighted by molar-refractivity contribution is 0.0601. The second-order valence-corrected chi connectivity index (χ2v) is 11.5. The third-order valence-corrected chi connectivity index (χ3v) is 8.17. The lowest BCUT2D eigenvalue weighted by Crippen LogP contribution is -2.18. The molecule has 15 heteroatoms. The molecule has 0 spiro atoms. The quantitative estimate of drug-likeness (QED) is 0.226. The van der Waals surface area contributed by atoms with Crippen LogP contribution in [0, 0.1) is 20.8 Å². The maximum absolute atomic E-state index is 13.1. The first-order valence-electron chi connectivity index (χ1n) is 15.3. The number of aromatic nitrogens is 9. The van der Waals surface area contributed by atoms with Gasteiger partial charge in [-0.05, 0) is 91.6 Å². The van der Waals surface area contributed by atoms with Gasteiger partial charge in [-0.25, -0.2) is 24.5 Å². The number of hydrogen-bond acceptors (Lipinski definition) is 12. The van der Waals surface area contributed by atoms with Crippen LogP contribution in [-0.4, -0.2) is 63.5 Å². The predicted octanol–water partition coefficient (Wildman–Crippen LogP) is 4.36. The molecule has 0 aliphatic carbocycles. The summed E-state index contributed by atoms with van der Waals surface area (Å²) in [6, 6.07) is 13.5. The van der Waals surface area contributed by atoms with Gasteiger partial charge in [0, 0.05) is 25.0 Å². The molecule has 0 saturated heterocycles. The van der Waals surface area contributed by atoms with Gasteiger partial charge in [-0.3, -0.25) is 13.9 Å². The summed E-state index contributed by atoms with van der Waals surface area (Å²) in [7, 11) is 1.27. The van der Waals surface area contributed by atoms with E-state index in [2.05, 4.69) is 40.7 Å². The number of rotatable bonds is 8. The molecule has 5 heterocycles. The summed E-state index contributed by atoms with van der Waals surface area (Å²) in [6.45, 7) is 5.75. The molecule has 248 valence electrons. The van der Waals surface area contributed by atoms with Crippen LogP contribution >= 0.6 is 0 Å². The fraction of sp³-hybridized carbons (Fsp3) is 0.143. The molecule has 1 N–H and O–H groups in total. The van der Waals surface area contributed by atoms with Crippen molar-refractivity contribution in [2.75, 3.05) is 12.4 Å². The number of amides is 1. The van der Waals surface area contributed by atoms with Crippen LogP contribution in [0.1, 0.15) is 48.8 Å². The van der Waals surface area contributed by atoms with Crippen molar-refractivity contribution >= 4 is 28.5 Å². The highest BCUT2D eigenvalue weighted by Gasteiger charge is 2.20. The van der Waals surface area contributed by atoms with Crippen molar-refractivity contribution in [1.29, 1.82) is 0 Å². The Morgan fingerprint density at radius 2 is 1.66 bits per heavy atom. The maximum Gasteiger partial charge on any atom is 0.347 e. The second-order valence-electron chi connectivity index (χ2n) is 11.5.